The second kappa shape index (κ2) is 4.02. The predicted octanol–water partition coefficient (Wildman–Crippen LogP) is 2.38. The number of nitrogen functional groups attached to an aromatic ring is 1. The van der Waals surface area contributed by atoms with Crippen molar-refractivity contribution in [1.29, 1.82) is 0 Å². The molecule has 0 atom stereocenters. The molecule has 1 aromatic carbocycles. The van der Waals surface area contributed by atoms with Crippen molar-refractivity contribution in [1.82, 2.24) is 4.57 Å². The molecule has 0 bridgehead atoms. The molecule has 0 aliphatic heterocycles. The van der Waals surface area contributed by atoms with E-state index in [9.17, 15) is 4.79 Å². The van der Waals surface area contributed by atoms with Gasteiger partial charge in [-0.15, -0.1) is 0 Å². The second-order valence-electron chi connectivity index (χ2n) is 3.62. The molecule has 82 valence electrons. The first kappa shape index (κ1) is 10.8. The van der Waals surface area contributed by atoms with Gasteiger partial charge in [0.1, 0.15) is 0 Å². The highest BCUT2D eigenvalue weighted by Crippen LogP contribution is 2.13. The maximum absolute atomic E-state index is 11.8. The van der Waals surface area contributed by atoms with Crippen LogP contribution in [0.2, 0.25) is 5.02 Å². The van der Waals surface area contributed by atoms with E-state index in [1.807, 2.05) is 31.2 Å². The smallest absolute Gasteiger partial charge is 0.278 e. The van der Waals surface area contributed by atoms with Gasteiger partial charge in [0.2, 0.25) is 0 Å². The maximum Gasteiger partial charge on any atom is 0.278 e. The van der Waals surface area contributed by atoms with Crippen molar-refractivity contribution in [2.45, 2.75) is 6.92 Å². The number of aryl methyl sites for hydroxylation is 1. The summed E-state index contributed by atoms with van der Waals surface area (Å²) in [6.45, 7) is 1.99. The first-order valence-corrected chi connectivity index (χ1v) is 5.20. The number of nitrogens with zero attached hydrogens (tertiary/aromatic N) is 1. The number of rotatable bonds is 1. The third kappa shape index (κ3) is 1.95. The van der Waals surface area contributed by atoms with Crippen LogP contribution in [0.15, 0.2) is 41.3 Å². The van der Waals surface area contributed by atoms with E-state index in [2.05, 4.69) is 0 Å². The topological polar surface area (TPSA) is 48.0 Å². The monoisotopic (exact) mass is 234 g/mol. The minimum atomic E-state index is -0.256. The molecular weight excluding hydrogens is 224 g/mol. The summed E-state index contributed by atoms with van der Waals surface area (Å²) in [6, 6.07) is 9.02. The Morgan fingerprint density at radius 3 is 2.50 bits per heavy atom. The molecule has 3 nitrogen and oxygen atoms in total. The van der Waals surface area contributed by atoms with Gasteiger partial charge in [-0.3, -0.25) is 9.36 Å². The molecule has 16 heavy (non-hydrogen) atoms. The molecule has 0 saturated carbocycles. The van der Waals surface area contributed by atoms with Crippen LogP contribution in [0.25, 0.3) is 5.69 Å². The average Bonchev–Trinajstić information content (AvgIpc) is 2.25. The molecule has 0 unspecified atom stereocenters. The Morgan fingerprint density at radius 1 is 1.25 bits per heavy atom. The van der Waals surface area contributed by atoms with Crippen LogP contribution in [0.3, 0.4) is 0 Å². The van der Waals surface area contributed by atoms with Gasteiger partial charge in [0.25, 0.3) is 5.56 Å². The molecule has 1 aromatic heterocycles. The summed E-state index contributed by atoms with van der Waals surface area (Å²) in [4.78, 5) is 11.8. The normalized spacial score (nSPS) is 10.4. The Labute approximate surface area is 98.1 Å². The molecule has 0 radical (unpaired) electrons. The van der Waals surface area contributed by atoms with Crippen molar-refractivity contribution < 1.29 is 0 Å². The molecule has 2 N–H and O–H groups in total. The van der Waals surface area contributed by atoms with Crippen molar-refractivity contribution >= 4 is 17.3 Å². The van der Waals surface area contributed by atoms with Gasteiger partial charge < -0.3 is 5.73 Å². The Morgan fingerprint density at radius 2 is 1.88 bits per heavy atom. The number of hydrogen-bond donors (Lipinski definition) is 1. The predicted molar refractivity (Wildman–Crippen MR) is 66.2 cm³/mol. The van der Waals surface area contributed by atoms with E-state index in [1.54, 1.807) is 6.20 Å². The van der Waals surface area contributed by atoms with Crippen LogP contribution < -0.4 is 11.3 Å². The van der Waals surface area contributed by atoms with Gasteiger partial charge in [-0.1, -0.05) is 29.3 Å². The lowest BCUT2D eigenvalue weighted by molar-refractivity contribution is 0.994. The van der Waals surface area contributed by atoms with Gasteiger partial charge in [0.05, 0.1) is 10.7 Å². The summed E-state index contributed by atoms with van der Waals surface area (Å²) in [5, 5.41) is 0.442. The Hall–Kier alpha value is -1.74. The van der Waals surface area contributed by atoms with Gasteiger partial charge >= 0.3 is 0 Å². The fourth-order valence-electron chi connectivity index (χ4n) is 1.47. The van der Waals surface area contributed by atoms with Crippen molar-refractivity contribution in [3.05, 3.63) is 57.5 Å². The van der Waals surface area contributed by atoms with E-state index in [0.29, 0.717) is 5.02 Å². The number of hydrogen-bond acceptors (Lipinski definition) is 2. The fraction of sp³-hybridized carbons (Fsp3) is 0.0833. The molecule has 1 heterocycles. The number of halogens is 1. The van der Waals surface area contributed by atoms with Crippen LogP contribution in [0.4, 0.5) is 5.69 Å². The van der Waals surface area contributed by atoms with Crippen LogP contribution in [-0.2, 0) is 0 Å². The van der Waals surface area contributed by atoms with E-state index in [4.69, 9.17) is 17.3 Å². The lowest BCUT2D eigenvalue weighted by Gasteiger charge is -2.07. The van der Waals surface area contributed by atoms with Gasteiger partial charge in [0.15, 0.2) is 0 Å². The van der Waals surface area contributed by atoms with E-state index in [0.717, 1.165) is 11.3 Å². The second-order valence-corrected chi connectivity index (χ2v) is 4.06. The number of nitrogens with two attached hydrogens (primary N) is 1. The number of anilines is 1. The molecule has 0 spiro atoms. The van der Waals surface area contributed by atoms with Crippen molar-refractivity contribution in [3.8, 4) is 5.69 Å². The third-order valence-electron chi connectivity index (χ3n) is 2.32. The van der Waals surface area contributed by atoms with Crippen molar-refractivity contribution in [2.75, 3.05) is 5.73 Å². The molecule has 0 aliphatic rings. The highest BCUT2D eigenvalue weighted by Gasteiger charge is 2.04. The summed E-state index contributed by atoms with van der Waals surface area (Å²) in [5.41, 5.74) is 7.35. The standard InChI is InChI=1S/C12H11ClN2O/c1-8-2-4-10(5-3-8)15-7-9(13)6-11(14)12(15)16/h2-7H,14H2,1H3. The molecule has 4 heteroatoms. The summed E-state index contributed by atoms with van der Waals surface area (Å²) >= 11 is 5.86. The van der Waals surface area contributed by atoms with E-state index in [-0.39, 0.29) is 11.2 Å². The zero-order chi connectivity index (χ0) is 11.7. The first-order chi connectivity index (χ1) is 7.58. The quantitative estimate of drug-likeness (QED) is 0.824. The zero-order valence-corrected chi connectivity index (χ0v) is 9.53. The molecule has 2 rings (SSSR count). The number of aromatic nitrogens is 1. The van der Waals surface area contributed by atoms with E-state index in [1.165, 1.54) is 10.6 Å². The Kier molecular flexibility index (Phi) is 2.71. The van der Waals surface area contributed by atoms with Crippen LogP contribution in [0.1, 0.15) is 5.56 Å². The van der Waals surface area contributed by atoms with E-state index < -0.39 is 0 Å². The lowest BCUT2D eigenvalue weighted by Crippen LogP contribution is -2.20. The molecule has 0 fully saturated rings. The van der Waals surface area contributed by atoms with Gasteiger partial charge in [-0.2, -0.15) is 0 Å². The summed E-state index contributed by atoms with van der Waals surface area (Å²) in [6.07, 6.45) is 1.56. The highest BCUT2D eigenvalue weighted by atomic mass is 35.5. The van der Waals surface area contributed by atoms with Crippen LogP contribution >= 0.6 is 11.6 Å². The SMILES string of the molecule is Cc1ccc(-n2cc(Cl)cc(N)c2=O)cc1. The zero-order valence-electron chi connectivity index (χ0n) is 8.77. The first-order valence-electron chi connectivity index (χ1n) is 4.82. The van der Waals surface area contributed by atoms with Crippen LogP contribution in [-0.4, -0.2) is 4.57 Å². The highest BCUT2D eigenvalue weighted by molar-refractivity contribution is 6.30. The molecular formula is C12H11ClN2O. The van der Waals surface area contributed by atoms with E-state index >= 15 is 0 Å². The molecule has 0 amide bonds. The Balaban J connectivity index is 2.64. The third-order valence-corrected chi connectivity index (χ3v) is 2.53. The Bertz CT molecular complexity index is 573. The molecule has 0 saturated heterocycles. The fourth-order valence-corrected chi connectivity index (χ4v) is 1.68. The summed E-state index contributed by atoms with van der Waals surface area (Å²) < 4.78 is 1.44. The molecule has 2 aromatic rings. The summed E-state index contributed by atoms with van der Waals surface area (Å²) in [7, 11) is 0. The van der Waals surface area contributed by atoms with Gasteiger partial charge in [-0.25, -0.2) is 0 Å². The van der Waals surface area contributed by atoms with Crippen molar-refractivity contribution in [2.24, 2.45) is 0 Å². The largest absolute Gasteiger partial charge is 0.394 e. The average molecular weight is 235 g/mol. The lowest BCUT2D eigenvalue weighted by atomic mass is 10.2. The number of benzene rings is 1. The van der Waals surface area contributed by atoms with Crippen LogP contribution in [0.5, 0.6) is 0 Å². The van der Waals surface area contributed by atoms with Gasteiger partial charge in [-0.05, 0) is 25.1 Å². The number of pyridine rings is 1. The molecule has 0 aliphatic carbocycles. The summed E-state index contributed by atoms with van der Waals surface area (Å²) in [5.74, 6) is 0. The van der Waals surface area contributed by atoms with Crippen molar-refractivity contribution in [3.63, 3.8) is 0 Å². The van der Waals surface area contributed by atoms with Gasteiger partial charge in [0, 0.05) is 11.9 Å². The minimum absolute atomic E-state index is 0.146. The maximum atomic E-state index is 11.8. The minimum Gasteiger partial charge on any atom is -0.394 e. The van der Waals surface area contributed by atoms with Crippen LogP contribution in [0, 0.1) is 6.92 Å².